The van der Waals surface area contributed by atoms with Gasteiger partial charge in [-0.25, -0.2) is 0 Å². The highest BCUT2D eigenvalue weighted by molar-refractivity contribution is 5.66. The first kappa shape index (κ1) is 18.3. The van der Waals surface area contributed by atoms with Crippen molar-refractivity contribution < 1.29 is 9.90 Å². The van der Waals surface area contributed by atoms with Gasteiger partial charge in [-0.05, 0) is 19.4 Å². The summed E-state index contributed by atoms with van der Waals surface area (Å²) in [6, 6.07) is 0. The van der Waals surface area contributed by atoms with Gasteiger partial charge < -0.3 is 10.8 Å². The van der Waals surface area contributed by atoms with Crippen molar-refractivity contribution in [1.82, 2.24) is 0 Å². The quantitative estimate of drug-likeness (QED) is 0.717. The molecule has 0 aromatic carbocycles. The molecule has 0 radical (unpaired) electrons. The van der Waals surface area contributed by atoms with Crippen LogP contribution in [0.15, 0.2) is 0 Å². The molecule has 0 unspecified atom stereocenters. The first-order chi connectivity index (χ1) is 6.13. The maximum absolute atomic E-state index is 9.98. The minimum absolute atomic E-state index is 0.318. The molecule has 0 heterocycles. The summed E-state index contributed by atoms with van der Waals surface area (Å²) in [5.41, 5.74) is 4.50. The van der Waals surface area contributed by atoms with E-state index in [1.165, 1.54) is 7.05 Å². The van der Waals surface area contributed by atoms with Crippen LogP contribution in [-0.2, 0) is 4.79 Å². The van der Waals surface area contributed by atoms with Crippen LogP contribution in [0.25, 0.3) is 0 Å². The van der Waals surface area contributed by atoms with Crippen molar-refractivity contribution in [2.75, 3.05) is 7.05 Å². The Morgan fingerprint density at radius 3 is 1.92 bits per heavy atom. The lowest BCUT2D eigenvalue weighted by atomic mass is 10.1. The predicted molar refractivity (Wildman–Crippen MR) is 57.8 cm³/mol. The number of carboxylic acid groups (broad SMARTS) is 1. The molecule has 0 spiro atoms. The van der Waals surface area contributed by atoms with E-state index in [4.69, 9.17) is 5.11 Å². The molecule has 82 valence electrons. The van der Waals surface area contributed by atoms with Crippen LogP contribution >= 0.6 is 0 Å². The smallest absolute Gasteiger partial charge is 0.303 e. The Balaban J connectivity index is -0.000000218. The second kappa shape index (κ2) is 17.5. The molecule has 0 saturated heterocycles. The Kier molecular flexibility index (Phi) is 24.6. The number of nitrogens with two attached hydrogens (primary N) is 1. The molecule has 3 N–H and O–H groups in total. The van der Waals surface area contributed by atoms with Gasteiger partial charge in [-0.3, -0.25) is 4.79 Å². The summed E-state index contributed by atoms with van der Waals surface area (Å²) in [4.78, 5) is 9.98. The highest BCUT2D eigenvalue weighted by atomic mass is 16.4. The van der Waals surface area contributed by atoms with Gasteiger partial charge in [-0.2, -0.15) is 0 Å². The molecule has 0 aliphatic heterocycles. The maximum Gasteiger partial charge on any atom is 0.303 e. The third kappa shape index (κ3) is 34.5. The van der Waals surface area contributed by atoms with Crippen LogP contribution in [-0.4, -0.2) is 18.1 Å². The number of carboxylic acids is 1. The van der Waals surface area contributed by atoms with Crippen LogP contribution in [0.5, 0.6) is 0 Å². The van der Waals surface area contributed by atoms with Crippen LogP contribution in [0.3, 0.4) is 0 Å². The Morgan fingerprint density at radius 2 is 1.69 bits per heavy atom. The lowest BCUT2D eigenvalue weighted by molar-refractivity contribution is -0.137. The van der Waals surface area contributed by atoms with Gasteiger partial charge in [0, 0.05) is 6.42 Å². The first-order valence-electron chi connectivity index (χ1n) is 4.92. The molecule has 0 amide bonds. The van der Waals surface area contributed by atoms with Crippen LogP contribution in [0, 0.1) is 5.92 Å². The van der Waals surface area contributed by atoms with Gasteiger partial charge >= 0.3 is 5.97 Å². The van der Waals surface area contributed by atoms with Gasteiger partial charge in [0.25, 0.3) is 0 Å². The van der Waals surface area contributed by atoms with Crippen molar-refractivity contribution in [2.24, 2.45) is 11.7 Å². The van der Waals surface area contributed by atoms with Crippen LogP contribution < -0.4 is 5.73 Å². The summed E-state index contributed by atoms with van der Waals surface area (Å²) in [7, 11) is 1.50. The number of hydrogen-bond donors (Lipinski definition) is 2. The SMILES string of the molecule is CC.CC(C)CCCC(=O)O.CN. The Bertz CT molecular complexity index is 92.9. The van der Waals surface area contributed by atoms with Crippen molar-refractivity contribution in [3.8, 4) is 0 Å². The van der Waals surface area contributed by atoms with E-state index >= 15 is 0 Å². The molecule has 0 aromatic heterocycles. The van der Waals surface area contributed by atoms with E-state index in [9.17, 15) is 4.79 Å². The average molecular weight is 191 g/mol. The summed E-state index contributed by atoms with van der Waals surface area (Å²) in [6.07, 6.45) is 2.15. The zero-order chi connectivity index (χ0) is 11.3. The number of aliphatic carboxylic acids is 1. The Labute approximate surface area is 82.3 Å². The van der Waals surface area contributed by atoms with Crippen molar-refractivity contribution in [2.45, 2.75) is 47.0 Å². The van der Waals surface area contributed by atoms with Crippen molar-refractivity contribution >= 4 is 5.97 Å². The summed E-state index contributed by atoms with van der Waals surface area (Å²) in [5, 5.41) is 8.23. The van der Waals surface area contributed by atoms with E-state index in [1.807, 2.05) is 13.8 Å². The molecule has 0 fully saturated rings. The van der Waals surface area contributed by atoms with Crippen molar-refractivity contribution in [3.63, 3.8) is 0 Å². The van der Waals surface area contributed by atoms with E-state index in [1.54, 1.807) is 0 Å². The minimum Gasteiger partial charge on any atom is -0.481 e. The van der Waals surface area contributed by atoms with Gasteiger partial charge in [-0.1, -0.05) is 34.1 Å². The summed E-state index contributed by atoms with van der Waals surface area (Å²) in [6.45, 7) is 8.20. The fourth-order valence-corrected chi connectivity index (χ4v) is 0.662. The highest BCUT2D eigenvalue weighted by Gasteiger charge is 1.97. The molecule has 0 saturated carbocycles. The van der Waals surface area contributed by atoms with Gasteiger partial charge in [0.1, 0.15) is 0 Å². The standard InChI is InChI=1S/C7H14O2.C2H6.CH5N/c1-6(2)4-3-5-7(8)9;2*1-2/h6H,3-5H2,1-2H3,(H,8,9);1-2H3;2H2,1H3. The fourth-order valence-electron chi connectivity index (χ4n) is 0.662. The lowest BCUT2D eigenvalue weighted by Gasteiger charge is -1.99. The van der Waals surface area contributed by atoms with E-state index in [-0.39, 0.29) is 0 Å². The largest absolute Gasteiger partial charge is 0.481 e. The first-order valence-corrected chi connectivity index (χ1v) is 4.92. The fraction of sp³-hybridized carbons (Fsp3) is 0.900. The molecule has 0 aliphatic carbocycles. The second-order valence-electron chi connectivity index (χ2n) is 2.68. The highest BCUT2D eigenvalue weighted by Crippen LogP contribution is 2.05. The molecule has 3 nitrogen and oxygen atoms in total. The third-order valence-electron chi connectivity index (χ3n) is 1.17. The van der Waals surface area contributed by atoms with Crippen molar-refractivity contribution in [1.29, 1.82) is 0 Å². The Morgan fingerprint density at radius 1 is 1.31 bits per heavy atom. The second-order valence-corrected chi connectivity index (χ2v) is 2.68. The Hall–Kier alpha value is -0.570. The molecule has 0 aromatic rings. The van der Waals surface area contributed by atoms with E-state index in [0.717, 1.165) is 12.8 Å². The number of hydrogen-bond acceptors (Lipinski definition) is 2. The third-order valence-corrected chi connectivity index (χ3v) is 1.17. The predicted octanol–water partition coefficient (Wildman–Crippen LogP) is 2.50. The number of carbonyl (C=O) groups is 1. The van der Waals surface area contributed by atoms with Crippen LogP contribution in [0.1, 0.15) is 47.0 Å². The van der Waals surface area contributed by atoms with E-state index in [2.05, 4.69) is 19.6 Å². The molecular weight excluding hydrogens is 166 g/mol. The van der Waals surface area contributed by atoms with Gasteiger partial charge in [0.2, 0.25) is 0 Å². The molecule has 0 bridgehead atoms. The summed E-state index contributed by atoms with van der Waals surface area (Å²) in [5.74, 6) is -0.0556. The number of rotatable bonds is 4. The zero-order valence-electron chi connectivity index (χ0n) is 9.63. The monoisotopic (exact) mass is 191 g/mol. The molecule has 0 aliphatic rings. The van der Waals surface area contributed by atoms with Gasteiger partial charge in [0.05, 0.1) is 0 Å². The topological polar surface area (TPSA) is 63.3 Å². The molecule has 0 rings (SSSR count). The zero-order valence-corrected chi connectivity index (χ0v) is 9.63. The average Bonchev–Trinajstić information content (AvgIpc) is 2.10. The summed E-state index contributed by atoms with van der Waals surface area (Å²) < 4.78 is 0. The summed E-state index contributed by atoms with van der Waals surface area (Å²) >= 11 is 0. The molecule has 0 atom stereocenters. The molecule has 13 heavy (non-hydrogen) atoms. The maximum atomic E-state index is 9.98. The van der Waals surface area contributed by atoms with E-state index in [0.29, 0.717) is 12.3 Å². The van der Waals surface area contributed by atoms with Crippen molar-refractivity contribution in [3.05, 3.63) is 0 Å². The molecular formula is C10H25NO2. The molecule has 3 heteroatoms. The van der Waals surface area contributed by atoms with Gasteiger partial charge in [0.15, 0.2) is 0 Å². The lowest BCUT2D eigenvalue weighted by Crippen LogP contribution is -1.95. The minimum atomic E-state index is -0.685. The normalized spacial score (nSPS) is 7.92. The van der Waals surface area contributed by atoms with Crippen LogP contribution in [0.2, 0.25) is 0 Å². The van der Waals surface area contributed by atoms with Gasteiger partial charge in [-0.15, -0.1) is 0 Å². The van der Waals surface area contributed by atoms with E-state index < -0.39 is 5.97 Å². The van der Waals surface area contributed by atoms with Crippen LogP contribution in [0.4, 0.5) is 0 Å².